The van der Waals surface area contributed by atoms with E-state index in [1.165, 1.54) is 0 Å². The van der Waals surface area contributed by atoms with Crippen molar-refractivity contribution in [2.45, 2.75) is 44.3 Å². The number of ether oxygens (including phenoxy) is 2. The van der Waals surface area contributed by atoms with Crippen molar-refractivity contribution in [1.29, 1.82) is 0 Å². The van der Waals surface area contributed by atoms with Crippen LogP contribution in [0.4, 0.5) is 0 Å². The molecule has 0 N–H and O–H groups in total. The molecule has 0 aromatic carbocycles. The summed E-state index contributed by atoms with van der Waals surface area (Å²) in [7, 11) is 0. The third-order valence-electron chi connectivity index (χ3n) is 2.08. The van der Waals surface area contributed by atoms with Gasteiger partial charge < -0.3 is 9.47 Å². The Labute approximate surface area is 79.2 Å². The quantitative estimate of drug-likeness (QED) is 0.622. The van der Waals surface area contributed by atoms with E-state index >= 15 is 0 Å². The van der Waals surface area contributed by atoms with Crippen molar-refractivity contribution >= 4 is 11.6 Å². The molecule has 3 heteroatoms. The van der Waals surface area contributed by atoms with Gasteiger partial charge in [-0.3, -0.25) is 0 Å². The first-order valence-corrected chi connectivity index (χ1v) is 5.10. The highest BCUT2D eigenvalue weighted by Crippen LogP contribution is 2.31. The normalized spacial score (nSPS) is 34.8. The molecule has 72 valence electrons. The zero-order valence-electron chi connectivity index (χ0n) is 7.75. The predicted molar refractivity (Wildman–Crippen MR) is 49.7 cm³/mol. The summed E-state index contributed by atoms with van der Waals surface area (Å²) in [5.41, 5.74) is 0. The molecule has 0 spiro atoms. The molecule has 0 aromatic rings. The van der Waals surface area contributed by atoms with E-state index in [0.29, 0.717) is 0 Å². The Hall–Kier alpha value is 0.210. The second-order valence-electron chi connectivity index (χ2n) is 3.08. The lowest BCUT2D eigenvalue weighted by Gasteiger charge is -2.40. The SMILES string of the molecule is CCCOC1CC(Cl)C1OCC. The van der Waals surface area contributed by atoms with Crippen molar-refractivity contribution in [3.8, 4) is 0 Å². The van der Waals surface area contributed by atoms with Crippen LogP contribution in [0.15, 0.2) is 0 Å². The summed E-state index contributed by atoms with van der Waals surface area (Å²) in [6.45, 7) is 5.63. The van der Waals surface area contributed by atoms with Gasteiger partial charge in [-0.15, -0.1) is 11.6 Å². The van der Waals surface area contributed by atoms with Gasteiger partial charge in [0.1, 0.15) is 6.10 Å². The highest BCUT2D eigenvalue weighted by atomic mass is 35.5. The lowest BCUT2D eigenvalue weighted by atomic mass is 9.91. The molecule has 1 rings (SSSR count). The molecule has 2 nitrogen and oxygen atoms in total. The Morgan fingerprint density at radius 1 is 1.33 bits per heavy atom. The van der Waals surface area contributed by atoms with Crippen LogP contribution in [0.25, 0.3) is 0 Å². The fourth-order valence-electron chi connectivity index (χ4n) is 1.36. The Kier molecular flexibility index (Phi) is 4.33. The topological polar surface area (TPSA) is 18.5 Å². The largest absolute Gasteiger partial charge is 0.375 e. The molecule has 1 saturated carbocycles. The van der Waals surface area contributed by atoms with Gasteiger partial charge in [0, 0.05) is 13.2 Å². The summed E-state index contributed by atoms with van der Waals surface area (Å²) < 4.78 is 11.0. The highest BCUT2D eigenvalue weighted by molar-refractivity contribution is 6.21. The average molecular weight is 193 g/mol. The van der Waals surface area contributed by atoms with Gasteiger partial charge in [-0.05, 0) is 19.8 Å². The molecule has 0 aromatic heterocycles. The second kappa shape index (κ2) is 5.05. The summed E-state index contributed by atoms with van der Waals surface area (Å²) in [5, 5.41) is 0.159. The molecule has 0 saturated heterocycles. The Balaban J connectivity index is 2.18. The second-order valence-corrected chi connectivity index (χ2v) is 3.64. The van der Waals surface area contributed by atoms with E-state index in [-0.39, 0.29) is 17.6 Å². The fourth-order valence-corrected chi connectivity index (χ4v) is 1.77. The molecule has 3 atom stereocenters. The molecule has 1 fully saturated rings. The van der Waals surface area contributed by atoms with Gasteiger partial charge in [0.15, 0.2) is 0 Å². The maximum atomic E-state index is 5.96. The van der Waals surface area contributed by atoms with Crippen molar-refractivity contribution in [3.05, 3.63) is 0 Å². The lowest BCUT2D eigenvalue weighted by Crippen LogP contribution is -2.51. The van der Waals surface area contributed by atoms with E-state index in [1.807, 2.05) is 6.92 Å². The van der Waals surface area contributed by atoms with Crippen LogP contribution < -0.4 is 0 Å². The minimum atomic E-state index is 0.128. The Morgan fingerprint density at radius 2 is 2.08 bits per heavy atom. The standard InChI is InChI=1S/C9H17ClO2/c1-3-5-12-8-6-7(10)9(8)11-4-2/h7-9H,3-6H2,1-2H3. The summed E-state index contributed by atoms with van der Waals surface area (Å²) in [6.07, 6.45) is 2.37. The summed E-state index contributed by atoms with van der Waals surface area (Å²) in [4.78, 5) is 0. The number of alkyl halides is 1. The first-order chi connectivity index (χ1) is 5.79. The number of hydrogen-bond acceptors (Lipinski definition) is 2. The molecule has 12 heavy (non-hydrogen) atoms. The first kappa shape index (κ1) is 10.3. The molecule has 0 bridgehead atoms. The third kappa shape index (κ3) is 2.35. The third-order valence-corrected chi connectivity index (χ3v) is 2.50. The van der Waals surface area contributed by atoms with E-state index in [9.17, 15) is 0 Å². The Morgan fingerprint density at radius 3 is 2.58 bits per heavy atom. The fraction of sp³-hybridized carbons (Fsp3) is 1.00. The van der Waals surface area contributed by atoms with E-state index in [1.54, 1.807) is 0 Å². The van der Waals surface area contributed by atoms with E-state index in [4.69, 9.17) is 21.1 Å². The zero-order chi connectivity index (χ0) is 8.97. The van der Waals surface area contributed by atoms with Crippen molar-refractivity contribution < 1.29 is 9.47 Å². The monoisotopic (exact) mass is 192 g/mol. The average Bonchev–Trinajstić information content (AvgIpc) is 2.08. The summed E-state index contributed by atoms with van der Waals surface area (Å²) in [5.74, 6) is 0. The number of rotatable bonds is 5. The van der Waals surface area contributed by atoms with Crippen molar-refractivity contribution in [1.82, 2.24) is 0 Å². The van der Waals surface area contributed by atoms with Gasteiger partial charge in [0.05, 0.1) is 11.5 Å². The van der Waals surface area contributed by atoms with Gasteiger partial charge in [-0.25, -0.2) is 0 Å². The molecule has 0 amide bonds. The zero-order valence-corrected chi connectivity index (χ0v) is 8.51. The van der Waals surface area contributed by atoms with E-state index in [2.05, 4.69) is 6.92 Å². The van der Waals surface area contributed by atoms with E-state index < -0.39 is 0 Å². The molecule has 0 heterocycles. The minimum absolute atomic E-state index is 0.128. The van der Waals surface area contributed by atoms with E-state index in [0.717, 1.165) is 26.1 Å². The molecule has 1 aliphatic rings. The van der Waals surface area contributed by atoms with Crippen LogP contribution >= 0.6 is 11.6 Å². The van der Waals surface area contributed by atoms with Crippen LogP contribution in [0.1, 0.15) is 26.7 Å². The molecule has 0 aliphatic heterocycles. The minimum Gasteiger partial charge on any atom is -0.375 e. The Bertz CT molecular complexity index is 130. The maximum Gasteiger partial charge on any atom is 0.100 e. The lowest BCUT2D eigenvalue weighted by molar-refractivity contribution is -0.121. The van der Waals surface area contributed by atoms with Crippen molar-refractivity contribution in [2.75, 3.05) is 13.2 Å². The van der Waals surface area contributed by atoms with Crippen LogP contribution in [0.5, 0.6) is 0 Å². The summed E-state index contributed by atoms with van der Waals surface area (Å²) in [6, 6.07) is 0. The van der Waals surface area contributed by atoms with Gasteiger partial charge in [-0.1, -0.05) is 6.92 Å². The van der Waals surface area contributed by atoms with Crippen LogP contribution in [0.3, 0.4) is 0 Å². The first-order valence-electron chi connectivity index (χ1n) is 4.66. The van der Waals surface area contributed by atoms with Crippen LogP contribution in [0, 0.1) is 0 Å². The molecular weight excluding hydrogens is 176 g/mol. The van der Waals surface area contributed by atoms with Gasteiger partial charge >= 0.3 is 0 Å². The van der Waals surface area contributed by atoms with Crippen LogP contribution in [-0.2, 0) is 9.47 Å². The molecular formula is C9H17ClO2. The van der Waals surface area contributed by atoms with Crippen molar-refractivity contribution in [2.24, 2.45) is 0 Å². The number of halogens is 1. The van der Waals surface area contributed by atoms with Gasteiger partial charge in [-0.2, -0.15) is 0 Å². The predicted octanol–water partition coefficient (Wildman–Crippen LogP) is 2.20. The number of hydrogen-bond donors (Lipinski definition) is 0. The maximum absolute atomic E-state index is 5.96. The molecule has 1 aliphatic carbocycles. The summed E-state index contributed by atoms with van der Waals surface area (Å²) >= 11 is 5.96. The highest BCUT2D eigenvalue weighted by Gasteiger charge is 2.41. The van der Waals surface area contributed by atoms with Crippen LogP contribution in [0.2, 0.25) is 0 Å². The molecule has 0 radical (unpaired) electrons. The smallest absolute Gasteiger partial charge is 0.100 e. The van der Waals surface area contributed by atoms with Gasteiger partial charge in [0.2, 0.25) is 0 Å². The van der Waals surface area contributed by atoms with Crippen LogP contribution in [-0.4, -0.2) is 30.8 Å². The van der Waals surface area contributed by atoms with Crippen molar-refractivity contribution in [3.63, 3.8) is 0 Å². The van der Waals surface area contributed by atoms with Gasteiger partial charge in [0.25, 0.3) is 0 Å². The molecule has 3 unspecified atom stereocenters.